The van der Waals surface area contributed by atoms with E-state index in [2.05, 4.69) is 17.1 Å². The average molecular weight is 254 g/mol. The molecule has 2 nitrogen and oxygen atoms in total. The summed E-state index contributed by atoms with van der Waals surface area (Å²) < 4.78 is 13.0. The van der Waals surface area contributed by atoms with Crippen LogP contribution in [0.15, 0.2) is 24.3 Å². The second kappa shape index (κ2) is 6.26. The molecule has 1 aromatic carbocycles. The maximum atomic E-state index is 13.0. The molecule has 1 aliphatic heterocycles. The molecule has 0 saturated carbocycles. The average Bonchev–Trinajstić information content (AvgIpc) is 2.32. The van der Waals surface area contributed by atoms with E-state index >= 15 is 0 Å². The van der Waals surface area contributed by atoms with Gasteiger partial charge in [-0.1, -0.05) is 6.07 Å². The molecular formula is C13H19FN2S. The predicted octanol–water partition coefficient (Wildman–Crippen LogP) is 2.67. The van der Waals surface area contributed by atoms with Gasteiger partial charge in [0.25, 0.3) is 0 Å². The number of nitrogens with zero attached hydrogens (tertiary/aromatic N) is 1. The van der Waals surface area contributed by atoms with E-state index in [9.17, 15) is 4.39 Å². The zero-order valence-electron chi connectivity index (χ0n) is 10.2. The van der Waals surface area contributed by atoms with Gasteiger partial charge >= 0.3 is 0 Å². The van der Waals surface area contributed by atoms with E-state index in [4.69, 9.17) is 0 Å². The van der Waals surface area contributed by atoms with Gasteiger partial charge in [-0.3, -0.25) is 4.90 Å². The molecule has 0 aromatic heterocycles. The van der Waals surface area contributed by atoms with Gasteiger partial charge in [0.1, 0.15) is 5.82 Å². The number of benzene rings is 1. The topological polar surface area (TPSA) is 15.3 Å². The molecule has 1 N–H and O–H groups in total. The molecule has 1 atom stereocenters. The van der Waals surface area contributed by atoms with Crippen molar-refractivity contribution in [3.63, 3.8) is 0 Å². The number of anilines is 1. The fraction of sp³-hybridized carbons (Fsp3) is 0.538. The van der Waals surface area contributed by atoms with Gasteiger partial charge in [0.05, 0.1) is 0 Å². The van der Waals surface area contributed by atoms with Gasteiger partial charge in [0.2, 0.25) is 0 Å². The summed E-state index contributed by atoms with van der Waals surface area (Å²) in [6.07, 6.45) is 0. The Labute approximate surface area is 107 Å². The summed E-state index contributed by atoms with van der Waals surface area (Å²) in [7, 11) is 0. The maximum Gasteiger partial charge on any atom is 0.125 e. The molecule has 2 rings (SSSR count). The van der Waals surface area contributed by atoms with E-state index in [1.807, 2.05) is 17.8 Å². The number of thioether (sulfide) groups is 1. The third-order valence-electron chi connectivity index (χ3n) is 3.06. The van der Waals surface area contributed by atoms with Gasteiger partial charge in [0, 0.05) is 42.9 Å². The van der Waals surface area contributed by atoms with Crippen LogP contribution in [0, 0.1) is 5.82 Å². The van der Waals surface area contributed by atoms with Gasteiger partial charge in [-0.25, -0.2) is 4.39 Å². The number of nitrogens with one attached hydrogen (secondary N) is 1. The first-order valence-electron chi connectivity index (χ1n) is 6.07. The summed E-state index contributed by atoms with van der Waals surface area (Å²) in [6, 6.07) is 7.30. The fourth-order valence-corrected chi connectivity index (χ4v) is 3.12. The summed E-state index contributed by atoms with van der Waals surface area (Å²) in [5, 5.41) is 3.26. The molecule has 1 unspecified atom stereocenters. The lowest BCUT2D eigenvalue weighted by atomic mass is 10.3. The normalized spacial score (nSPS) is 21.4. The van der Waals surface area contributed by atoms with Crippen LogP contribution in [0.25, 0.3) is 0 Å². The van der Waals surface area contributed by atoms with Gasteiger partial charge in [0.15, 0.2) is 0 Å². The Morgan fingerprint density at radius 2 is 2.41 bits per heavy atom. The minimum Gasteiger partial charge on any atom is -0.384 e. The van der Waals surface area contributed by atoms with Crippen molar-refractivity contribution < 1.29 is 4.39 Å². The monoisotopic (exact) mass is 254 g/mol. The molecule has 1 heterocycles. The van der Waals surface area contributed by atoms with Crippen LogP contribution in [0.3, 0.4) is 0 Å². The first-order chi connectivity index (χ1) is 8.25. The first-order valence-corrected chi connectivity index (χ1v) is 7.22. The molecule has 17 heavy (non-hydrogen) atoms. The van der Waals surface area contributed by atoms with Crippen molar-refractivity contribution in [2.75, 3.05) is 36.5 Å². The second-order valence-electron chi connectivity index (χ2n) is 4.40. The predicted molar refractivity (Wildman–Crippen MR) is 73.2 cm³/mol. The molecule has 1 aromatic rings. The Kier molecular flexibility index (Phi) is 4.68. The zero-order valence-corrected chi connectivity index (χ0v) is 11.0. The Hall–Kier alpha value is -0.740. The lowest BCUT2D eigenvalue weighted by Crippen LogP contribution is -2.42. The fourth-order valence-electron chi connectivity index (χ4n) is 2.04. The largest absolute Gasteiger partial charge is 0.384 e. The second-order valence-corrected chi connectivity index (χ2v) is 5.55. The van der Waals surface area contributed by atoms with E-state index in [1.54, 1.807) is 6.07 Å². The number of rotatable bonds is 4. The molecule has 1 saturated heterocycles. The lowest BCUT2D eigenvalue weighted by Gasteiger charge is -2.32. The van der Waals surface area contributed by atoms with E-state index in [0.717, 1.165) is 25.3 Å². The van der Waals surface area contributed by atoms with Crippen molar-refractivity contribution in [1.29, 1.82) is 0 Å². The molecule has 0 amide bonds. The Morgan fingerprint density at radius 1 is 1.53 bits per heavy atom. The molecular weight excluding hydrogens is 235 g/mol. The van der Waals surface area contributed by atoms with Crippen molar-refractivity contribution >= 4 is 17.4 Å². The van der Waals surface area contributed by atoms with Crippen molar-refractivity contribution in [3.8, 4) is 0 Å². The number of hydrogen-bond acceptors (Lipinski definition) is 3. The standard InChI is InChI=1S/C13H19FN2S/c1-11-10-17-8-7-16(11)6-5-15-13-4-2-3-12(14)9-13/h2-4,9,11,15H,5-8,10H2,1H3. The highest BCUT2D eigenvalue weighted by molar-refractivity contribution is 7.99. The SMILES string of the molecule is CC1CSCCN1CCNc1cccc(F)c1. The van der Waals surface area contributed by atoms with E-state index < -0.39 is 0 Å². The highest BCUT2D eigenvalue weighted by Crippen LogP contribution is 2.15. The highest BCUT2D eigenvalue weighted by atomic mass is 32.2. The number of hydrogen-bond donors (Lipinski definition) is 1. The van der Waals surface area contributed by atoms with Crippen molar-refractivity contribution in [3.05, 3.63) is 30.1 Å². The van der Waals surface area contributed by atoms with Crippen LogP contribution >= 0.6 is 11.8 Å². The van der Waals surface area contributed by atoms with Gasteiger partial charge in [-0.05, 0) is 25.1 Å². The van der Waals surface area contributed by atoms with Crippen LogP contribution in [0.1, 0.15) is 6.92 Å². The first kappa shape index (κ1) is 12.7. The van der Waals surface area contributed by atoms with Crippen molar-refractivity contribution in [1.82, 2.24) is 4.90 Å². The van der Waals surface area contributed by atoms with Gasteiger partial charge in [-0.15, -0.1) is 0 Å². The summed E-state index contributed by atoms with van der Waals surface area (Å²) >= 11 is 2.03. The molecule has 94 valence electrons. The molecule has 0 bridgehead atoms. The van der Waals surface area contributed by atoms with Crippen LogP contribution in [0.5, 0.6) is 0 Å². The highest BCUT2D eigenvalue weighted by Gasteiger charge is 2.17. The minimum atomic E-state index is -0.183. The molecule has 1 fully saturated rings. The smallest absolute Gasteiger partial charge is 0.125 e. The maximum absolute atomic E-state index is 13.0. The molecule has 4 heteroatoms. The Balaban J connectivity index is 1.75. The Morgan fingerprint density at radius 3 is 3.18 bits per heavy atom. The minimum absolute atomic E-state index is 0.183. The van der Waals surface area contributed by atoms with Crippen molar-refractivity contribution in [2.24, 2.45) is 0 Å². The third-order valence-corrected chi connectivity index (χ3v) is 4.25. The van der Waals surface area contributed by atoms with Crippen LogP contribution in [0.4, 0.5) is 10.1 Å². The molecule has 0 spiro atoms. The summed E-state index contributed by atoms with van der Waals surface area (Å²) in [5.74, 6) is 2.27. The van der Waals surface area contributed by atoms with Crippen LogP contribution in [-0.4, -0.2) is 42.1 Å². The van der Waals surface area contributed by atoms with Crippen molar-refractivity contribution in [2.45, 2.75) is 13.0 Å². The quantitative estimate of drug-likeness (QED) is 0.889. The van der Waals surface area contributed by atoms with Gasteiger partial charge < -0.3 is 5.32 Å². The van der Waals surface area contributed by atoms with Crippen LogP contribution < -0.4 is 5.32 Å². The van der Waals surface area contributed by atoms with E-state index in [0.29, 0.717) is 6.04 Å². The number of halogens is 1. The summed E-state index contributed by atoms with van der Waals surface area (Å²) in [4.78, 5) is 2.49. The van der Waals surface area contributed by atoms with Gasteiger partial charge in [-0.2, -0.15) is 11.8 Å². The Bertz CT molecular complexity index is 359. The molecule has 0 aliphatic carbocycles. The summed E-state index contributed by atoms with van der Waals surface area (Å²) in [5.41, 5.74) is 0.865. The molecule has 1 aliphatic rings. The summed E-state index contributed by atoms with van der Waals surface area (Å²) in [6.45, 7) is 5.34. The third kappa shape index (κ3) is 3.89. The van der Waals surface area contributed by atoms with E-state index in [-0.39, 0.29) is 5.82 Å². The zero-order chi connectivity index (χ0) is 12.1. The lowest BCUT2D eigenvalue weighted by molar-refractivity contribution is 0.242. The van der Waals surface area contributed by atoms with E-state index in [1.165, 1.54) is 23.6 Å². The van der Waals surface area contributed by atoms with Crippen LogP contribution in [0.2, 0.25) is 0 Å². The molecule has 0 radical (unpaired) electrons. The van der Waals surface area contributed by atoms with Crippen LogP contribution in [-0.2, 0) is 0 Å².